The number of nitro benzene ring substituents is 1. The van der Waals surface area contributed by atoms with E-state index in [9.17, 15) is 14.9 Å². The standard InChI is InChI=1S/C23H24BrN5O5/c1-14-9-19(6-7-20(14)29(31)32)34-13-18-10-17(5-8-21(18)33-4)11-25-26-22(30)12-28-16(3)23(24)15(2)27-28/h5-11H,12-13H2,1-4H3,(H,26,30)/b25-11-. The molecule has 0 aliphatic carbocycles. The van der Waals surface area contributed by atoms with E-state index in [0.29, 0.717) is 17.1 Å². The second kappa shape index (κ2) is 10.9. The number of hydrogen-bond acceptors (Lipinski definition) is 7. The van der Waals surface area contributed by atoms with Gasteiger partial charge in [0.2, 0.25) is 0 Å². The Morgan fingerprint density at radius 2 is 2.03 bits per heavy atom. The molecule has 0 spiro atoms. The first-order chi connectivity index (χ1) is 16.2. The molecule has 1 heterocycles. The monoisotopic (exact) mass is 529 g/mol. The van der Waals surface area contributed by atoms with Gasteiger partial charge in [0, 0.05) is 17.2 Å². The van der Waals surface area contributed by atoms with Gasteiger partial charge in [-0.3, -0.25) is 19.6 Å². The van der Waals surface area contributed by atoms with Crippen molar-refractivity contribution in [3.63, 3.8) is 0 Å². The molecule has 2 aromatic carbocycles. The van der Waals surface area contributed by atoms with Crippen LogP contribution in [0.5, 0.6) is 11.5 Å². The number of carbonyl (C=O) groups excluding carboxylic acids is 1. The molecule has 0 fully saturated rings. The second-order valence-electron chi connectivity index (χ2n) is 7.50. The van der Waals surface area contributed by atoms with Gasteiger partial charge in [-0.15, -0.1) is 0 Å². The van der Waals surface area contributed by atoms with Crippen LogP contribution in [0.1, 0.15) is 28.1 Å². The normalized spacial score (nSPS) is 11.0. The van der Waals surface area contributed by atoms with E-state index in [1.54, 1.807) is 43.0 Å². The number of nitrogens with zero attached hydrogens (tertiary/aromatic N) is 4. The van der Waals surface area contributed by atoms with Crippen molar-refractivity contribution >= 4 is 33.7 Å². The summed E-state index contributed by atoms with van der Waals surface area (Å²) < 4.78 is 13.7. The predicted molar refractivity (Wildman–Crippen MR) is 130 cm³/mol. The summed E-state index contributed by atoms with van der Waals surface area (Å²) in [5.74, 6) is 0.821. The minimum absolute atomic E-state index is 0.0377. The van der Waals surface area contributed by atoms with Crippen LogP contribution in [-0.4, -0.2) is 33.9 Å². The Balaban J connectivity index is 1.64. The number of carbonyl (C=O) groups is 1. The number of rotatable bonds is 9. The van der Waals surface area contributed by atoms with Crippen LogP contribution in [0.25, 0.3) is 0 Å². The van der Waals surface area contributed by atoms with Crippen molar-refractivity contribution in [2.24, 2.45) is 5.10 Å². The van der Waals surface area contributed by atoms with E-state index in [1.165, 1.54) is 12.3 Å². The summed E-state index contributed by atoms with van der Waals surface area (Å²) in [5.41, 5.74) is 6.20. The summed E-state index contributed by atoms with van der Waals surface area (Å²) >= 11 is 3.44. The smallest absolute Gasteiger partial charge is 0.272 e. The van der Waals surface area contributed by atoms with Gasteiger partial charge in [0.1, 0.15) is 24.7 Å². The third-order valence-corrected chi connectivity index (χ3v) is 6.20. The number of nitro groups is 1. The van der Waals surface area contributed by atoms with Crippen molar-refractivity contribution in [3.05, 3.63) is 79.1 Å². The van der Waals surface area contributed by atoms with Crippen LogP contribution in [0.3, 0.4) is 0 Å². The first-order valence-corrected chi connectivity index (χ1v) is 11.0. The van der Waals surface area contributed by atoms with Gasteiger partial charge in [0.25, 0.3) is 11.6 Å². The fourth-order valence-corrected chi connectivity index (χ4v) is 3.54. The van der Waals surface area contributed by atoms with Crippen LogP contribution >= 0.6 is 15.9 Å². The Bertz CT molecular complexity index is 1250. The van der Waals surface area contributed by atoms with E-state index in [-0.39, 0.29) is 24.7 Å². The van der Waals surface area contributed by atoms with Gasteiger partial charge < -0.3 is 9.47 Å². The molecule has 0 saturated heterocycles. The first kappa shape index (κ1) is 24.9. The molecule has 3 rings (SSSR count). The molecule has 0 radical (unpaired) electrons. The van der Waals surface area contributed by atoms with Gasteiger partial charge in [-0.2, -0.15) is 10.2 Å². The maximum Gasteiger partial charge on any atom is 0.272 e. The van der Waals surface area contributed by atoms with E-state index in [0.717, 1.165) is 27.0 Å². The third kappa shape index (κ3) is 5.98. The Morgan fingerprint density at radius 1 is 1.26 bits per heavy atom. The number of methoxy groups -OCH3 is 1. The van der Waals surface area contributed by atoms with Crippen molar-refractivity contribution in [3.8, 4) is 11.5 Å². The fraction of sp³-hybridized carbons (Fsp3) is 0.261. The average Bonchev–Trinajstić information content (AvgIpc) is 3.03. The van der Waals surface area contributed by atoms with Crippen molar-refractivity contribution in [2.75, 3.05) is 7.11 Å². The van der Waals surface area contributed by atoms with Crippen molar-refractivity contribution in [1.29, 1.82) is 0 Å². The van der Waals surface area contributed by atoms with E-state index >= 15 is 0 Å². The van der Waals surface area contributed by atoms with E-state index < -0.39 is 4.92 Å². The number of amides is 1. The molecule has 0 aliphatic rings. The summed E-state index contributed by atoms with van der Waals surface area (Å²) in [4.78, 5) is 22.8. The molecule has 0 atom stereocenters. The van der Waals surface area contributed by atoms with Gasteiger partial charge in [-0.05, 0) is 72.6 Å². The molecule has 1 amide bonds. The highest BCUT2D eigenvalue weighted by atomic mass is 79.9. The lowest BCUT2D eigenvalue weighted by molar-refractivity contribution is -0.385. The number of benzene rings is 2. The Kier molecular flexibility index (Phi) is 8.00. The maximum absolute atomic E-state index is 12.2. The molecule has 178 valence electrons. The number of hydrazone groups is 1. The van der Waals surface area contributed by atoms with E-state index in [2.05, 4.69) is 31.6 Å². The third-order valence-electron chi connectivity index (χ3n) is 5.05. The topological polar surface area (TPSA) is 121 Å². The summed E-state index contributed by atoms with van der Waals surface area (Å²) in [6.07, 6.45) is 1.52. The van der Waals surface area contributed by atoms with Crippen molar-refractivity contribution < 1.29 is 19.2 Å². The van der Waals surface area contributed by atoms with Gasteiger partial charge >= 0.3 is 0 Å². The molecular formula is C23H24BrN5O5. The van der Waals surface area contributed by atoms with Crippen LogP contribution in [0.2, 0.25) is 0 Å². The second-order valence-corrected chi connectivity index (χ2v) is 8.29. The van der Waals surface area contributed by atoms with Crippen LogP contribution in [0.4, 0.5) is 5.69 Å². The molecule has 3 aromatic rings. The van der Waals surface area contributed by atoms with Crippen LogP contribution in [0.15, 0.2) is 46.0 Å². The highest BCUT2D eigenvalue weighted by Gasteiger charge is 2.13. The molecule has 0 saturated carbocycles. The molecule has 11 heteroatoms. The zero-order valence-electron chi connectivity index (χ0n) is 19.2. The van der Waals surface area contributed by atoms with Crippen molar-refractivity contribution in [1.82, 2.24) is 15.2 Å². The van der Waals surface area contributed by atoms with Gasteiger partial charge in [0.15, 0.2) is 0 Å². The number of halogens is 1. The summed E-state index contributed by atoms with van der Waals surface area (Å²) in [6, 6.07) is 9.98. The highest BCUT2D eigenvalue weighted by molar-refractivity contribution is 9.10. The van der Waals surface area contributed by atoms with Crippen LogP contribution < -0.4 is 14.9 Å². The van der Waals surface area contributed by atoms with E-state index in [4.69, 9.17) is 9.47 Å². The lowest BCUT2D eigenvalue weighted by Gasteiger charge is -2.11. The SMILES string of the molecule is COc1ccc(/C=N\NC(=O)Cn2nc(C)c(Br)c2C)cc1COc1ccc([N+](=O)[O-])c(C)c1. The van der Waals surface area contributed by atoms with Gasteiger partial charge in [-0.25, -0.2) is 5.43 Å². The number of aryl methyl sites for hydroxylation is 2. The molecule has 0 unspecified atom stereocenters. The largest absolute Gasteiger partial charge is 0.496 e. The Labute approximate surface area is 204 Å². The maximum atomic E-state index is 12.2. The fourth-order valence-electron chi connectivity index (χ4n) is 3.25. The number of nitrogens with one attached hydrogen (secondary N) is 1. The van der Waals surface area contributed by atoms with Gasteiger partial charge in [0.05, 0.1) is 34.1 Å². The lowest BCUT2D eigenvalue weighted by atomic mass is 10.1. The zero-order chi connectivity index (χ0) is 24.8. The zero-order valence-corrected chi connectivity index (χ0v) is 20.7. The number of hydrogen-bond donors (Lipinski definition) is 1. The first-order valence-electron chi connectivity index (χ1n) is 10.3. The average molecular weight is 530 g/mol. The molecule has 0 bridgehead atoms. The predicted octanol–water partition coefficient (Wildman–Crippen LogP) is 4.22. The quantitative estimate of drug-likeness (QED) is 0.251. The lowest BCUT2D eigenvalue weighted by Crippen LogP contribution is -2.24. The van der Waals surface area contributed by atoms with Crippen LogP contribution in [-0.2, 0) is 17.9 Å². The molecule has 1 aromatic heterocycles. The number of aromatic nitrogens is 2. The minimum atomic E-state index is -0.431. The van der Waals surface area contributed by atoms with Gasteiger partial charge in [-0.1, -0.05) is 0 Å². The Hall–Kier alpha value is -3.73. The minimum Gasteiger partial charge on any atom is -0.496 e. The van der Waals surface area contributed by atoms with Crippen molar-refractivity contribution in [2.45, 2.75) is 33.9 Å². The summed E-state index contributed by atoms with van der Waals surface area (Å²) in [6.45, 7) is 5.62. The molecule has 1 N–H and O–H groups in total. The molecule has 34 heavy (non-hydrogen) atoms. The summed E-state index contributed by atoms with van der Waals surface area (Å²) in [7, 11) is 1.56. The molecule has 10 nitrogen and oxygen atoms in total. The molecular weight excluding hydrogens is 506 g/mol. The summed E-state index contributed by atoms with van der Waals surface area (Å²) in [5, 5.41) is 19.3. The molecule has 0 aliphatic heterocycles. The number of ether oxygens (including phenoxy) is 2. The van der Waals surface area contributed by atoms with Crippen LogP contribution in [0, 0.1) is 30.9 Å². The Morgan fingerprint density at radius 3 is 2.65 bits per heavy atom. The highest BCUT2D eigenvalue weighted by Crippen LogP contribution is 2.26. The van der Waals surface area contributed by atoms with E-state index in [1.807, 2.05) is 19.9 Å².